The first-order valence-electron chi connectivity index (χ1n) is 25.7. The summed E-state index contributed by atoms with van der Waals surface area (Å²) in [7, 11) is 6.61. The third-order valence-electron chi connectivity index (χ3n) is 12.5. The fourth-order valence-corrected chi connectivity index (χ4v) is 10.6. The Kier molecular flexibility index (Phi) is 26.6. The highest BCUT2D eigenvalue weighted by atomic mass is 35.5. The van der Waals surface area contributed by atoms with Gasteiger partial charge in [0.1, 0.15) is 30.0 Å². The molecule has 2 aromatic heterocycles. The van der Waals surface area contributed by atoms with Gasteiger partial charge in [-0.25, -0.2) is 4.79 Å². The number of piperidine rings is 1. The van der Waals surface area contributed by atoms with Gasteiger partial charge in [0.05, 0.1) is 10.9 Å². The molecule has 0 saturated carbocycles. The first-order valence-corrected chi connectivity index (χ1v) is 26.9. The number of rotatable bonds is 20. The van der Waals surface area contributed by atoms with E-state index < -0.39 is 12.0 Å². The number of aromatic amines is 1. The lowest BCUT2D eigenvalue weighted by molar-refractivity contribution is -0.110. The quantitative estimate of drug-likeness (QED) is 0.0457. The Morgan fingerprint density at radius 2 is 1.64 bits per heavy atom. The number of anilines is 3. The number of nitrogens with one attached hydrogen (secondary N) is 3. The fourth-order valence-electron chi connectivity index (χ4n) is 9.21. The number of aldehydes is 4. The Bertz CT molecular complexity index is 2700. The standard InChI is InChI=1S/C32H35N3O3.C22H28ClNO4S.C2H7N.C2H6.CH4O/c1-3-22-9-11-29-25(18-22)19-31(33-29)35-15-13-23(14-16-35)27-10-12-30(34(2)26(21-38)7-5-17-36)32-24(20-37)6-4-8-28(27)32;1-5-7-16(13-22(2,3)4)24-15-9-6-8-14(12-15)19-17(23)18(28-11-10-25)20(29-19)21(26)27;1-3-2;2*1-2/h4,6,8-12,17-21,23,26,33H,3,5,7,13-16H2,1-2H3;6,8-10,12,16,24H,5,7,11,13H2,1-4H3,(H,26,27);3H,1-2H3;1-2H3;2H,1H3. The number of halogens is 1. The monoisotopic (exact) mass is 1050 g/mol. The highest BCUT2D eigenvalue weighted by molar-refractivity contribution is 7.18. The van der Waals surface area contributed by atoms with Gasteiger partial charge >= 0.3 is 5.97 Å². The number of carboxylic acids is 1. The van der Waals surface area contributed by atoms with Crippen LogP contribution in [0.5, 0.6) is 5.75 Å². The summed E-state index contributed by atoms with van der Waals surface area (Å²) in [4.78, 5) is 65.5. The highest BCUT2D eigenvalue weighted by Crippen LogP contribution is 2.46. The summed E-state index contributed by atoms with van der Waals surface area (Å²) in [6.45, 7) is 16.7. The van der Waals surface area contributed by atoms with Gasteiger partial charge in [0.15, 0.2) is 23.2 Å². The minimum Gasteiger partial charge on any atom is -0.483 e. The molecule has 6 aromatic rings. The van der Waals surface area contributed by atoms with Gasteiger partial charge in [-0.15, -0.1) is 11.3 Å². The van der Waals surface area contributed by atoms with Crippen LogP contribution in [0.1, 0.15) is 130 Å². The molecule has 0 aliphatic carbocycles. The molecule has 3 heterocycles. The maximum atomic E-state index is 12.1. The summed E-state index contributed by atoms with van der Waals surface area (Å²) >= 11 is 7.47. The number of hydrogen-bond donors (Lipinski definition) is 5. The van der Waals surface area contributed by atoms with Crippen molar-refractivity contribution in [1.29, 1.82) is 0 Å². The number of benzene rings is 4. The molecule has 1 saturated heterocycles. The topological polar surface area (TPSA) is 181 Å². The zero-order chi connectivity index (χ0) is 55.0. The van der Waals surface area contributed by atoms with Gasteiger partial charge in [0, 0.05) is 72.9 Å². The molecule has 2 unspecified atom stereocenters. The number of hydrogen-bond acceptors (Lipinski definition) is 12. The minimum absolute atomic E-state index is 0.0122. The van der Waals surface area contributed by atoms with Crippen LogP contribution in [0, 0.1) is 5.41 Å². The summed E-state index contributed by atoms with van der Waals surface area (Å²) in [5.41, 5.74) is 7.21. The number of aromatic carboxylic acids is 1. The molecule has 0 amide bonds. The van der Waals surface area contributed by atoms with E-state index in [1.54, 1.807) is 0 Å². The van der Waals surface area contributed by atoms with E-state index in [1.807, 2.05) is 82.4 Å². The predicted molar refractivity (Wildman–Crippen MR) is 309 cm³/mol. The van der Waals surface area contributed by atoms with Crippen molar-refractivity contribution < 1.29 is 38.9 Å². The van der Waals surface area contributed by atoms with Crippen molar-refractivity contribution in [2.45, 2.75) is 118 Å². The first-order chi connectivity index (χ1) is 35.6. The Morgan fingerprint density at radius 1 is 0.946 bits per heavy atom. The zero-order valence-electron chi connectivity index (χ0n) is 45.3. The highest BCUT2D eigenvalue weighted by Gasteiger charge is 2.27. The second-order valence-electron chi connectivity index (χ2n) is 19.0. The summed E-state index contributed by atoms with van der Waals surface area (Å²) in [5.74, 6) is 0.461. The van der Waals surface area contributed by atoms with E-state index in [4.69, 9.17) is 21.4 Å². The number of aryl methyl sites for hydroxylation is 1. The van der Waals surface area contributed by atoms with Crippen molar-refractivity contribution in [1.82, 2.24) is 10.3 Å². The molecule has 15 heteroatoms. The van der Waals surface area contributed by atoms with Gasteiger partial charge in [0.25, 0.3) is 0 Å². The number of aliphatic hydroxyl groups excluding tert-OH is 1. The average Bonchev–Trinajstić information content (AvgIpc) is 3.99. The Balaban J connectivity index is 0.000000359. The summed E-state index contributed by atoms with van der Waals surface area (Å²) < 4.78 is 5.28. The molecule has 402 valence electrons. The number of likely N-dealkylation sites (N-methyl/N-ethyl adjacent to an activating group) is 1. The van der Waals surface area contributed by atoms with Crippen LogP contribution in [0.4, 0.5) is 17.2 Å². The van der Waals surface area contributed by atoms with Crippen LogP contribution >= 0.6 is 22.9 Å². The van der Waals surface area contributed by atoms with Crippen LogP contribution in [0.3, 0.4) is 0 Å². The van der Waals surface area contributed by atoms with Crippen LogP contribution in [-0.2, 0) is 20.8 Å². The van der Waals surface area contributed by atoms with Gasteiger partial charge in [-0.05, 0) is 122 Å². The molecule has 5 N–H and O–H groups in total. The summed E-state index contributed by atoms with van der Waals surface area (Å²) in [5, 5.41) is 26.2. The van der Waals surface area contributed by atoms with E-state index in [-0.39, 0.29) is 27.7 Å². The molecule has 1 fully saturated rings. The van der Waals surface area contributed by atoms with Gasteiger partial charge in [0.2, 0.25) is 0 Å². The number of carbonyl (C=O) groups is 5. The third-order valence-corrected chi connectivity index (χ3v) is 14.2. The molecule has 1 aliphatic heterocycles. The smallest absolute Gasteiger partial charge is 0.349 e. The van der Waals surface area contributed by atoms with E-state index in [2.05, 4.69) is 91.5 Å². The van der Waals surface area contributed by atoms with Crippen LogP contribution in [0.25, 0.3) is 32.1 Å². The maximum absolute atomic E-state index is 12.1. The van der Waals surface area contributed by atoms with Gasteiger partial charge in [-0.3, -0.25) is 9.59 Å². The van der Waals surface area contributed by atoms with Crippen molar-refractivity contribution in [2.24, 2.45) is 5.41 Å². The molecule has 1 aliphatic rings. The van der Waals surface area contributed by atoms with Crippen molar-refractivity contribution in [2.75, 3.05) is 63.1 Å². The van der Waals surface area contributed by atoms with E-state index >= 15 is 0 Å². The minimum atomic E-state index is -1.13. The van der Waals surface area contributed by atoms with Crippen molar-refractivity contribution >= 4 is 92.9 Å². The van der Waals surface area contributed by atoms with Crippen LogP contribution in [0.15, 0.2) is 78.9 Å². The molecule has 13 nitrogen and oxygen atoms in total. The van der Waals surface area contributed by atoms with E-state index in [0.717, 1.165) is 117 Å². The second-order valence-corrected chi connectivity index (χ2v) is 20.4. The number of carboxylic acid groups (broad SMARTS) is 1. The van der Waals surface area contributed by atoms with Crippen LogP contribution in [-0.4, -0.2) is 106 Å². The number of ether oxygens (including phenoxy) is 1. The Morgan fingerprint density at radius 3 is 2.23 bits per heavy atom. The molecule has 4 aromatic carbocycles. The molecule has 7 rings (SSSR count). The third kappa shape index (κ3) is 17.0. The first kappa shape index (κ1) is 62.2. The van der Waals surface area contributed by atoms with Crippen molar-refractivity contribution in [3.05, 3.63) is 105 Å². The normalized spacial score (nSPS) is 13.0. The number of thiophene rings is 1. The summed E-state index contributed by atoms with van der Waals surface area (Å²) in [6.07, 6.45) is 10.2. The number of fused-ring (bicyclic) bond motifs is 2. The molecule has 0 spiro atoms. The fraction of sp³-hybridized carbons (Fsp3) is 0.441. The largest absolute Gasteiger partial charge is 0.483 e. The number of H-pyrrole nitrogens is 1. The summed E-state index contributed by atoms with van der Waals surface area (Å²) in [6, 6.07) is 26.6. The average molecular weight is 1050 g/mol. The zero-order valence-corrected chi connectivity index (χ0v) is 46.9. The van der Waals surface area contributed by atoms with Gasteiger partial charge in [-0.2, -0.15) is 0 Å². The van der Waals surface area contributed by atoms with E-state index in [1.165, 1.54) is 27.8 Å². The lowest BCUT2D eigenvalue weighted by atomic mass is 9.85. The van der Waals surface area contributed by atoms with Gasteiger partial charge < -0.3 is 50.0 Å². The Hall–Kier alpha value is -6.06. The number of nitrogens with zero attached hydrogens (tertiary/aromatic N) is 2. The molecule has 2 atom stereocenters. The molecular formula is C59H80ClN5O8S. The number of aromatic nitrogens is 1. The number of carbonyl (C=O) groups excluding carboxylic acids is 4. The van der Waals surface area contributed by atoms with E-state index in [0.29, 0.717) is 41.5 Å². The lowest BCUT2D eigenvalue weighted by Crippen LogP contribution is -2.34. The Labute approximate surface area is 448 Å². The molecule has 0 bridgehead atoms. The van der Waals surface area contributed by atoms with Crippen molar-refractivity contribution in [3.8, 4) is 16.2 Å². The van der Waals surface area contributed by atoms with Crippen LogP contribution in [0.2, 0.25) is 5.02 Å². The van der Waals surface area contributed by atoms with E-state index in [9.17, 15) is 29.1 Å². The maximum Gasteiger partial charge on any atom is 0.349 e. The SMILES string of the molecule is CC.CCCC(CC(C)(C)C)Nc1cccc(-c2sc(C(=O)O)c(OCC=O)c2Cl)c1.CCc1ccc2[nH]c(N3CCC(c4ccc(N(C)C(C=O)CCC=O)c5c(C=O)cccc45)CC3)cc2c1.CNC.CO. The second kappa shape index (κ2) is 31.6. The van der Waals surface area contributed by atoms with Gasteiger partial charge in [-0.1, -0.05) is 109 Å². The molecule has 74 heavy (non-hydrogen) atoms. The lowest BCUT2D eigenvalue weighted by Gasteiger charge is -2.34. The van der Waals surface area contributed by atoms with Crippen LogP contribution < -0.4 is 25.2 Å². The molecule has 0 radical (unpaired) electrons. The predicted octanol–water partition coefficient (Wildman–Crippen LogP) is 12.9. The molecular weight excluding hydrogens is 974 g/mol. The van der Waals surface area contributed by atoms with Crippen molar-refractivity contribution in [3.63, 3.8) is 0 Å². The number of aliphatic hydroxyl groups is 1.